The summed E-state index contributed by atoms with van der Waals surface area (Å²) in [6.07, 6.45) is 7.07. The maximum absolute atomic E-state index is 11.9. The van der Waals surface area contributed by atoms with E-state index in [1.54, 1.807) is 48.6 Å². The molecule has 0 radical (unpaired) electrons. The van der Waals surface area contributed by atoms with Gasteiger partial charge in [-0.15, -0.1) is 0 Å². The zero-order chi connectivity index (χ0) is 25.4. The van der Waals surface area contributed by atoms with Gasteiger partial charge in [0.1, 0.15) is 24.7 Å². The van der Waals surface area contributed by atoms with Crippen molar-refractivity contribution in [2.45, 2.75) is 9.79 Å². The average molecular weight is 506 g/mol. The summed E-state index contributed by atoms with van der Waals surface area (Å²) in [5, 5.41) is 10.8. The zero-order valence-corrected chi connectivity index (χ0v) is 20.6. The van der Waals surface area contributed by atoms with E-state index in [4.69, 9.17) is 0 Å². The maximum atomic E-state index is 11.9. The lowest BCUT2D eigenvalue weighted by molar-refractivity contribution is -0.462. The molecule has 0 saturated heterocycles. The Bertz CT molecular complexity index is 1460. The van der Waals surface area contributed by atoms with Gasteiger partial charge < -0.3 is 10.0 Å². The molecule has 0 fully saturated rings. The van der Waals surface area contributed by atoms with Crippen LogP contribution in [0.4, 0.5) is 5.69 Å². The molecular weight excluding hydrogens is 480 g/mol. The van der Waals surface area contributed by atoms with Crippen LogP contribution in [-0.4, -0.2) is 69.5 Å². The first kappa shape index (κ1) is 25.4. The molecule has 0 aromatic heterocycles. The number of phenolic OH excluding ortho intramolecular Hbond substituents is 1. The van der Waals surface area contributed by atoms with E-state index in [9.17, 15) is 31.0 Å². The zero-order valence-electron chi connectivity index (χ0n) is 19.0. The largest absolute Gasteiger partial charge is 0.506 e. The number of allylic oxidation sites excluding steroid dienone is 5. The van der Waals surface area contributed by atoms with Crippen LogP contribution in [-0.2, 0) is 20.2 Å². The second-order valence-electron chi connectivity index (χ2n) is 8.03. The quantitative estimate of drug-likeness (QED) is 0.417. The van der Waals surface area contributed by atoms with Gasteiger partial charge in [-0.25, -0.2) is 4.58 Å². The van der Waals surface area contributed by atoms with Gasteiger partial charge in [-0.05, 0) is 53.1 Å². The van der Waals surface area contributed by atoms with Crippen molar-refractivity contribution in [1.82, 2.24) is 0 Å². The molecule has 34 heavy (non-hydrogen) atoms. The van der Waals surface area contributed by atoms with E-state index in [0.717, 1.165) is 17.5 Å². The Morgan fingerprint density at radius 1 is 0.853 bits per heavy atom. The van der Waals surface area contributed by atoms with Gasteiger partial charge >= 0.3 is 0 Å². The third kappa shape index (κ3) is 5.28. The van der Waals surface area contributed by atoms with Crippen molar-refractivity contribution in [3.8, 4) is 5.75 Å². The van der Waals surface area contributed by atoms with Crippen molar-refractivity contribution >= 4 is 37.2 Å². The van der Waals surface area contributed by atoms with Crippen molar-refractivity contribution in [1.29, 1.82) is 0 Å². The lowest BCUT2D eigenvalue weighted by atomic mass is 9.90. The van der Waals surface area contributed by atoms with Gasteiger partial charge in [-0.2, -0.15) is 16.8 Å². The van der Waals surface area contributed by atoms with E-state index in [1.807, 2.05) is 37.7 Å². The van der Waals surface area contributed by atoms with Crippen molar-refractivity contribution in [3.05, 3.63) is 77.4 Å². The van der Waals surface area contributed by atoms with Crippen molar-refractivity contribution < 1.29 is 35.6 Å². The highest BCUT2D eigenvalue weighted by Gasteiger charge is 2.27. The molecule has 0 unspecified atom stereocenters. The first-order chi connectivity index (χ1) is 15.7. The van der Waals surface area contributed by atoms with Gasteiger partial charge in [-0.1, -0.05) is 12.1 Å². The van der Waals surface area contributed by atoms with Crippen LogP contribution in [0.3, 0.4) is 0 Å². The minimum absolute atomic E-state index is 0.196. The summed E-state index contributed by atoms with van der Waals surface area (Å²) < 4.78 is 68.7. The molecule has 180 valence electrons. The number of rotatable bonds is 5. The number of nitrogens with zero attached hydrogens (tertiary/aromatic N) is 2. The predicted molar refractivity (Wildman–Crippen MR) is 130 cm³/mol. The Labute approximate surface area is 198 Å². The third-order valence-electron chi connectivity index (χ3n) is 5.24. The van der Waals surface area contributed by atoms with E-state index in [0.29, 0.717) is 22.8 Å². The molecule has 11 heteroatoms. The van der Waals surface area contributed by atoms with Crippen molar-refractivity contribution in [3.63, 3.8) is 0 Å². The van der Waals surface area contributed by atoms with Crippen LogP contribution in [0.2, 0.25) is 0 Å². The van der Waals surface area contributed by atoms with Gasteiger partial charge in [0, 0.05) is 37.5 Å². The van der Waals surface area contributed by atoms with Gasteiger partial charge in [-0.3, -0.25) is 9.11 Å². The monoisotopic (exact) mass is 505 g/mol. The normalized spacial score (nSPS) is 13.8. The molecule has 0 heterocycles. The SMILES string of the molecule is CN(C)c1ccc(C(=C2C=CC(=[N+](C)C)C=C2)c2cc(S(=O)(=O)O)cc(S(=O)(=O)O)c2O)cc1. The molecule has 3 rings (SSSR count). The topological polar surface area (TPSA) is 135 Å². The van der Waals surface area contributed by atoms with E-state index in [-0.39, 0.29) is 5.56 Å². The molecule has 0 bridgehead atoms. The summed E-state index contributed by atoms with van der Waals surface area (Å²) in [5.74, 6) is -0.849. The number of phenols is 1. The Morgan fingerprint density at radius 3 is 1.85 bits per heavy atom. The van der Waals surface area contributed by atoms with Crippen molar-refractivity contribution in [2.75, 3.05) is 33.1 Å². The van der Waals surface area contributed by atoms with Gasteiger partial charge in [0.05, 0.1) is 4.90 Å². The molecule has 0 spiro atoms. The Morgan fingerprint density at radius 2 is 1.41 bits per heavy atom. The highest BCUT2D eigenvalue weighted by Crippen LogP contribution is 2.40. The van der Waals surface area contributed by atoms with Crippen LogP contribution < -0.4 is 4.90 Å². The fourth-order valence-electron chi connectivity index (χ4n) is 3.45. The molecular formula is C23H25N2O7S2+. The van der Waals surface area contributed by atoms with Crippen LogP contribution in [0.25, 0.3) is 5.57 Å². The second kappa shape index (κ2) is 9.18. The van der Waals surface area contributed by atoms with Crippen LogP contribution in [0.15, 0.2) is 76.1 Å². The average Bonchev–Trinajstić information content (AvgIpc) is 2.74. The van der Waals surface area contributed by atoms with Crippen LogP contribution in [0.5, 0.6) is 5.75 Å². The molecule has 0 atom stereocenters. The van der Waals surface area contributed by atoms with Crippen LogP contribution in [0, 0.1) is 0 Å². The summed E-state index contributed by atoms with van der Waals surface area (Å²) in [4.78, 5) is 0.0487. The molecule has 3 N–H and O–H groups in total. The Hall–Kier alpha value is -3.25. The van der Waals surface area contributed by atoms with E-state index in [2.05, 4.69) is 0 Å². The highest BCUT2D eigenvalue weighted by atomic mass is 32.2. The van der Waals surface area contributed by atoms with E-state index >= 15 is 0 Å². The van der Waals surface area contributed by atoms with Gasteiger partial charge in [0.15, 0.2) is 5.71 Å². The number of aromatic hydroxyl groups is 1. The lowest BCUT2D eigenvalue weighted by Crippen LogP contribution is -2.11. The highest BCUT2D eigenvalue weighted by molar-refractivity contribution is 7.86. The molecule has 0 aliphatic heterocycles. The lowest BCUT2D eigenvalue weighted by Gasteiger charge is -2.18. The molecule has 9 nitrogen and oxygen atoms in total. The molecule has 0 saturated carbocycles. The number of hydrogen-bond donors (Lipinski definition) is 3. The summed E-state index contributed by atoms with van der Waals surface area (Å²) in [7, 11) is -2.45. The maximum Gasteiger partial charge on any atom is 0.298 e. The summed E-state index contributed by atoms with van der Waals surface area (Å²) >= 11 is 0. The van der Waals surface area contributed by atoms with Crippen LogP contribution >= 0.6 is 0 Å². The van der Waals surface area contributed by atoms with Crippen LogP contribution in [0.1, 0.15) is 11.1 Å². The molecule has 1 aliphatic carbocycles. The van der Waals surface area contributed by atoms with Crippen molar-refractivity contribution in [2.24, 2.45) is 0 Å². The number of anilines is 1. The summed E-state index contributed by atoms with van der Waals surface area (Å²) in [5.41, 5.74) is 2.92. The fourth-order valence-corrected chi connectivity index (χ4v) is 4.69. The minimum Gasteiger partial charge on any atom is -0.506 e. The number of benzene rings is 2. The standard InChI is InChI=1S/C23H24N2O7S2/c1-24(2)17-9-5-15(6-10-17)22(16-7-11-18(12-8-16)25(3)4)20-13-19(33(27,28)29)14-21(23(20)26)34(30,31)32/h5-14H,1-4H3,(H2,27,28,29,30,31,32)/p+1. The van der Waals surface area contributed by atoms with Gasteiger partial charge in [0.2, 0.25) is 0 Å². The smallest absolute Gasteiger partial charge is 0.298 e. The number of hydrogen-bond acceptors (Lipinski definition) is 6. The first-order valence-electron chi connectivity index (χ1n) is 9.95. The third-order valence-corrected chi connectivity index (χ3v) is 6.94. The molecule has 2 aromatic rings. The minimum atomic E-state index is -5.02. The predicted octanol–water partition coefficient (Wildman–Crippen LogP) is 2.59. The summed E-state index contributed by atoms with van der Waals surface area (Å²) in [6.45, 7) is 0. The Kier molecular flexibility index (Phi) is 6.85. The Balaban J connectivity index is 2.43. The van der Waals surface area contributed by atoms with E-state index < -0.39 is 35.8 Å². The first-order valence-corrected chi connectivity index (χ1v) is 12.8. The fraction of sp³-hybridized carbons (Fsp3) is 0.174. The molecule has 2 aromatic carbocycles. The summed E-state index contributed by atoms with van der Waals surface area (Å²) in [6, 6.07) is 8.54. The van der Waals surface area contributed by atoms with E-state index in [1.165, 1.54) is 0 Å². The second-order valence-corrected chi connectivity index (χ2v) is 10.8. The molecule has 1 aliphatic rings. The van der Waals surface area contributed by atoms with Gasteiger partial charge in [0.25, 0.3) is 20.2 Å². The molecule has 0 amide bonds.